The Hall–Kier alpha value is -2.27. The van der Waals surface area contributed by atoms with Crippen molar-refractivity contribution < 1.29 is 19.1 Å². The van der Waals surface area contributed by atoms with Crippen LogP contribution in [0, 0.1) is 0 Å². The number of esters is 1. The van der Waals surface area contributed by atoms with E-state index in [0.29, 0.717) is 6.42 Å². The van der Waals surface area contributed by atoms with E-state index in [0.717, 1.165) is 0 Å². The summed E-state index contributed by atoms with van der Waals surface area (Å²) in [5, 5.41) is 2.71. The summed E-state index contributed by atoms with van der Waals surface area (Å²) >= 11 is 0. The number of amides is 1. The highest BCUT2D eigenvalue weighted by Gasteiger charge is 1.94. The summed E-state index contributed by atoms with van der Waals surface area (Å²) in [6.07, 6.45) is 5.55. The number of hydrogen-bond donors (Lipinski definition) is 0. The van der Waals surface area contributed by atoms with Crippen LogP contribution in [-0.4, -0.2) is 25.8 Å². The Kier molecular flexibility index (Phi) is 7.97. The van der Waals surface area contributed by atoms with E-state index in [1.54, 1.807) is 12.2 Å². The second-order valence-electron chi connectivity index (χ2n) is 2.40. The van der Waals surface area contributed by atoms with E-state index >= 15 is 0 Å². The van der Waals surface area contributed by atoms with Crippen molar-refractivity contribution in [2.24, 2.45) is 5.11 Å². The molecular weight excluding hydrogens is 214 g/mol. The fraction of sp³-hybridized carbons (Fsp3) is 0.333. The number of allylic oxidation sites excluding steroid dienone is 2. The highest BCUT2D eigenvalue weighted by molar-refractivity contribution is 5.82. The third kappa shape index (κ3) is 8.33. The molecule has 1 amide bonds. The Morgan fingerprint density at radius 3 is 2.81 bits per heavy atom. The van der Waals surface area contributed by atoms with Crippen LogP contribution < -0.4 is 0 Å². The summed E-state index contributed by atoms with van der Waals surface area (Å²) in [6, 6.07) is 0. The molecule has 0 aromatic rings. The highest BCUT2D eigenvalue weighted by atomic mass is 16.5. The molecule has 0 aromatic carbocycles. The molecule has 0 aliphatic rings. The quantitative estimate of drug-likeness (QED) is 0.136. The Balaban J connectivity index is 3.63. The molecule has 86 valence electrons. The number of ether oxygens (including phenoxy) is 2. The molecule has 0 fully saturated rings. The molecule has 0 bridgehead atoms. The van der Waals surface area contributed by atoms with Gasteiger partial charge in [0.2, 0.25) is 0 Å². The van der Waals surface area contributed by atoms with Crippen LogP contribution in [0.1, 0.15) is 6.42 Å². The van der Waals surface area contributed by atoms with E-state index in [-0.39, 0.29) is 6.61 Å². The second kappa shape index (κ2) is 9.29. The number of hydrogen-bond acceptors (Lipinski definition) is 4. The Bertz CT molecular complexity index is 343. The van der Waals surface area contributed by atoms with E-state index in [9.17, 15) is 9.59 Å². The molecule has 0 saturated heterocycles. The molecule has 0 aromatic heterocycles. The average Bonchev–Trinajstić information content (AvgIpc) is 2.27. The number of carbonyl (C=O) groups excluding carboxylic acids is 2. The summed E-state index contributed by atoms with van der Waals surface area (Å²) in [4.78, 5) is 23.4. The predicted octanol–water partition coefficient (Wildman–Crippen LogP) is 2.11. The van der Waals surface area contributed by atoms with Crippen molar-refractivity contribution in [3.05, 3.63) is 34.7 Å². The largest absolute Gasteiger partial charge is 0.466 e. The first-order chi connectivity index (χ1) is 7.70. The molecule has 0 atom stereocenters. The van der Waals surface area contributed by atoms with Crippen LogP contribution in [0.4, 0.5) is 4.79 Å². The van der Waals surface area contributed by atoms with Crippen LogP contribution in [0.2, 0.25) is 0 Å². The van der Waals surface area contributed by atoms with Gasteiger partial charge in [0.1, 0.15) is 0 Å². The van der Waals surface area contributed by atoms with Crippen molar-refractivity contribution in [1.29, 1.82) is 0 Å². The maximum Gasteiger partial charge on any atom is 0.396 e. The summed E-state index contributed by atoms with van der Waals surface area (Å²) in [5.41, 5.74) is 7.88. The van der Waals surface area contributed by atoms with Crippen LogP contribution in [0.3, 0.4) is 0 Å². The topological polar surface area (TPSA) is 101 Å². The Morgan fingerprint density at radius 1 is 1.44 bits per heavy atom. The fourth-order valence-electron chi connectivity index (χ4n) is 0.657. The molecule has 0 rings (SSSR count). The van der Waals surface area contributed by atoms with Crippen molar-refractivity contribution in [3.63, 3.8) is 0 Å². The molecule has 16 heavy (non-hydrogen) atoms. The minimum Gasteiger partial charge on any atom is -0.466 e. The van der Waals surface area contributed by atoms with Gasteiger partial charge in [-0.25, -0.2) is 9.59 Å². The van der Waals surface area contributed by atoms with Gasteiger partial charge in [-0.2, -0.15) is 0 Å². The second-order valence-corrected chi connectivity index (χ2v) is 2.40. The molecule has 0 N–H and O–H groups in total. The standard InChI is InChI=1S/C9H11N3O4/c1-15-8(13)6-4-2-3-5-7-16-9(14)11-12-10/h2-4,6H,5,7H2,1H3/b3-2+,6-4+. The van der Waals surface area contributed by atoms with Gasteiger partial charge in [0.15, 0.2) is 0 Å². The number of nitrogens with zero attached hydrogens (tertiary/aromatic N) is 3. The van der Waals surface area contributed by atoms with Crippen molar-refractivity contribution in [2.75, 3.05) is 13.7 Å². The van der Waals surface area contributed by atoms with E-state index in [1.165, 1.54) is 19.3 Å². The third-order valence-corrected chi connectivity index (χ3v) is 1.32. The molecule has 0 heterocycles. The molecule has 0 radical (unpaired) electrons. The summed E-state index contributed by atoms with van der Waals surface area (Å²) in [6.45, 7) is 0.112. The Morgan fingerprint density at radius 2 is 2.19 bits per heavy atom. The van der Waals surface area contributed by atoms with Crippen molar-refractivity contribution in [1.82, 2.24) is 0 Å². The fourth-order valence-corrected chi connectivity index (χ4v) is 0.657. The minimum absolute atomic E-state index is 0.112. The molecule has 0 aliphatic heterocycles. The SMILES string of the molecule is COC(=O)/C=C/C=C/CCOC(=O)N=[N+]=[N-]. The van der Waals surface area contributed by atoms with E-state index < -0.39 is 12.1 Å². The summed E-state index contributed by atoms with van der Waals surface area (Å²) < 4.78 is 8.87. The lowest BCUT2D eigenvalue weighted by atomic mass is 10.3. The van der Waals surface area contributed by atoms with Crippen molar-refractivity contribution in [2.45, 2.75) is 6.42 Å². The smallest absolute Gasteiger partial charge is 0.396 e. The predicted molar refractivity (Wildman–Crippen MR) is 55.4 cm³/mol. The zero-order chi connectivity index (χ0) is 12.2. The maximum absolute atomic E-state index is 10.6. The number of methoxy groups -OCH3 is 1. The summed E-state index contributed by atoms with van der Waals surface area (Å²) in [7, 11) is 1.28. The molecular formula is C9H11N3O4. The molecule has 7 heteroatoms. The number of azide groups is 1. The van der Waals surface area contributed by atoms with Crippen LogP contribution in [-0.2, 0) is 14.3 Å². The van der Waals surface area contributed by atoms with Crippen molar-refractivity contribution >= 4 is 12.1 Å². The highest BCUT2D eigenvalue weighted by Crippen LogP contribution is 1.90. The van der Waals surface area contributed by atoms with Crippen LogP contribution in [0.15, 0.2) is 29.4 Å². The molecule has 0 saturated carbocycles. The zero-order valence-electron chi connectivity index (χ0n) is 8.70. The van der Waals surface area contributed by atoms with Gasteiger partial charge in [-0.1, -0.05) is 18.2 Å². The lowest BCUT2D eigenvalue weighted by Gasteiger charge is -1.95. The normalized spacial score (nSPS) is 10.1. The van der Waals surface area contributed by atoms with E-state index in [2.05, 4.69) is 19.5 Å². The molecule has 0 unspecified atom stereocenters. The lowest BCUT2D eigenvalue weighted by molar-refractivity contribution is -0.134. The first-order valence-electron chi connectivity index (χ1n) is 4.33. The number of carbonyl (C=O) groups is 2. The van der Waals surface area contributed by atoms with E-state index in [4.69, 9.17) is 5.53 Å². The molecule has 0 spiro atoms. The summed E-state index contributed by atoms with van der Waals surface area (Å²) in [5.74, 6) is -0.445. The Labute approximate surface area is 92.0 Å². The monoisotopic (exact) mass is 225 g/mol. The molecule has 7 nitrogen and oxygen atoms in total. The van der Waals surface area contributed by atoms with Crippen LogP contribution in [0.25, 0.3) is 10.4 Å². The first-order valence-corrected chi connectivity index (χ1v) is 4.33. The molecule has 0 aliphatic carbocycles. The van der Waals surface area contributed by atoms with Gasteiger partial charge in [-0.3, -0.25) is 0 Å². The maximum atomic E-state index is 10.6. The van der Waals surface area contributed by atoms with Gasteiger partial charge >= 0.3 is 12.1 Å². The van der Waals surface area contributed by atoms with Crippen molar-refractivity contribution in [3.8, 4) is 0 Å². The lowest BCUT2D eigenvalue weighted by Crippen LogP contribution is -1.98. The van der Waals surface area contributed by atoms with Crippen LogP contribution >= 0.6 is 0 Å². The number of rotatable bonds is 5. The van der Waals surface area contributed by atoms with Crippen LogP contribution in [0.5, 0.6) is 0 Å². The van der Waals surface area contributed by atoms with Gasteiger partial charge in [0.25, 0.3) is 0 Å². The van der Waals surface area contributed by atoms with Gasteiger partial charge in [-0.15, -0.1) is 0 Å². The van der Waals surface area contributed by atoms with Gasteiger partial charge < -0.3 is 9.47 Å². The first kappa shape index (κ1) is 13.7. The van der Waals surface area contributed by atoms with Gasteiger partial charge in [0, 0.05) is 16.1 Å². The van der Waals surface area contributed by atoms with Gasteiger partial charge in [0.05, 0.1) is 13.7 Å². The van der Waals surface area contributed by atoms with E-state index in [1.807, 2.05) is 0 Å². The van der Waals surface area contributed by atoms with Gasteiger partial charge in [-0.05, 0) is 12.0 Å². The average molecular weight is 225 g/mol. The minimum atomic E-state index is -0.957. The third-order valence-electron chi connectivity index (χ3n) is 1.32. The zero-order valence-corrected chi connectivity index (χ0v) is 8.70.